The predicted octanol–water partition coefficient (Wildman–Crippen LogP) is 3.36. The van der Waals surface area contributed by atoms with E-state index in [1.165, 1.54) is 5.57 Å². The van der Waals surface area contributed by atoms with E-state index in [4.69, 9.17) is 5.41 Å². The van der Waals surface area contributed by atoms with Gasteiger partial charge in [0.25, 0.3) is 0 Å². The molecule has 3 saturated carbocycles. The molecule has 0 aromatic rings. The first kappa shape index (κ1) is 18.4. The van der Waals surface area contributed by atoms with Crippen LogP contribution in [0.4, 0.5) is 0 Å². The highest BCUT2D eigenvalue weighted by Gasteiger charge is 2.64. The zero-order valence-corrected chi connectivity index (χ0v) is 16.3. The number of ketones is 1. The molecule has 0 aromatic carbocycles. The number of carbonyl (C=O) groups excluding carboxylic acids is 1. The maximum Gasteiger partial charge on any atom is 0.162 e. The highest BCUT2D eigenvalue weighted by molar-refractivity contribution is 5.94. The van der Waals surface area contributed by atoms with Crippen LogP contribution < -0.4 is 0 Å². The Morgan fingerprint density at radius 3 is 2.77 bits per heavy atom. The second-order valence-corrected chi connectivity index (χ2v) is 10.0. The summed E-state index contributed by atoms with van der Waals surface area (Å²) in [4.78, 5) is 12.5. The van der Waals surface area contributed by atoms with E-state index in [-0.39, 0.29) is 41.0 Å². The summed E-state index contributed by atoms with van der Waals surface area (Å²) in [5.41, 5.74) is 1.90. The maximum atomic E-state index is 12.5. The fourth-order valence-corrected chi connectivity index (χ4v) is 7.87. The molecule has 8 atom stereocenters. The van der Waals surface area contributed by atoms with Crippen molar-refractivity contribution in [2.24, 2.45) is 40.4 Å². The lowest BCUT2D eigenvalue weighted by atomic mass is 9.46. The van der Waals surface area contributed by atoms with Gasteiger partial charge in [-0.05, 0) is 79.1 Å². The highest BCUT2D eigenvalue weighted by Crippen LogP contribution is 2.67. The minimum Gasteiger partial charge on any atom is -0.393 e. The second-order valence-electron chi connectivity index (χ2n) is 10.0. The molecular weight excluding hydrogens is 326 g/mol. The van der Waals surface area contributed by atoms with Crippen LogP contribution in [0.5, 0.6) is 0 Å². The molecule has 4 aliphatic rings. The van der Waals surface area contributed by atoms with Crippen molar-refractivity contribution < 1.29 is 15.0 Å². The van der Waals surface area contributed by atoms with Crippen molar-refractivity contribution in [3.63, 3.8) is 0 Å². The van der Waals surface area contributed by atoms with Crippen LogP contribution in [-0.2, 0) is 4.79 Å². The zero-order chi connectivity index (χ0) is 18.9. The van der Waals surface area contributed by atoms with E-state index in [0.717, 1.165) is 37.8 Å². The van der Waals surface area contributed by atoms with Gasteiger partial charge in [0.05, 0.1) is 6.10 Å². The monoisotopic (exact) mass is 359 g/mol. The molecule has 3 fully saturated rings. The first-order chi connectivity index (χ1) is 12.2. The van der Waals surface area contributed by atoms with Crippen LogP contribution in [0.15, 0.2) is 11.6 Å². The summed E-state index contributed by atoms with van der Waals surface area (Å²) in [5.74, 6) is 1.24. The van der Waals surface area contributed by atoms with Crippen molar-refractivity contribution in [1.29, 1.82) is 5.41 Å². The van der Waals surface area contributed by atoms with Crippen LogP contribution in [0.2, 0.25) is 0 Å². The Morgan fingerprint density at radius 2 is 2.08 bits per heavy atom. The number of hydrogen-bond donors (Lipinski definition) is 3. The number of aliphatic hydroxyl groups excluding tert-OH is 2. The number of hydrogen-bond acceptors (Lipinski definition) is 4. The third-order valence-electron chi connectivity index (χ3n) is 8.78. The van der Waals surface area contributed by atoms with Crippen LogP contribution in [0, 0.1) is 45.8 Å². The Kier molecular flexibility index (Phi) is 4.24. The summed E-state index contributed by atoms with van der Waals surface area (Å²) in [7, 11) is 0. The molecule has 4 aliphatic carbocycles. The predicted molar refractivity (Wildman–Crippen MR) is 101 cm³/mol. The van der Waals surface area contributed by atoms with Crippen LogP contribution in [-0.4, -0.2) is 34.4 Å². The van der Waals surface area contributed by atoms with Crippen LogP contribution in [0.25, 0.3) is 0 Å². The van der Waals surface area contributed by atoms with Gasteiger partial charge >= 0.3 is 0 Å². The summed E-state index contributed by atoms with van der Waals surface area (Å²) in [6.45, 7) is 6.28. The summed E-state index contributed by atoms with van der Waals surface area (Å²) in [6, 6.07) is 0. The largest absolute Gasteiger partial charge is 0.393 e. The van der Waals surface area contributed by atoms with Crippen molar-refractivity contribution in [3.05, 3.63) is 11.6 Å². The molecule has 144 valence electrons. The summed E-state index contributed by atoms with van der Waals surface area (Å²) in [5, 5.41) is 28.8. The Hall–Kier alpha value is -1.00. The fraction of sp³-hybridized carbons (Fsp3) is 0.818. The fourth-order valence-electron chi connectivity index (χ4n) is 7.87. The minimum absolute atomic E-state index is 0.00345. The van der Waals surface area contributed by atoms with E-state index in [9.17, 15) is 15.0 Å². The molecule has 4 heteroatoms. The standard InChI is InChI=1S/C22H33NO3/c1-12-8-16-15-5-4-13-9-14(23)6-7-21(13,2)20(15)17(25)10-22(16,3)19(12)18(26)11-24/h9,12,15-17,19-20,23-25H,4-8,10-11H2,1-3H3/t12-,15+,16?,17+,19-,20?,21+,22+/m1/s1. The number of fused-ring (bicyclic) bond motifs is 5. The number of Topliss-reactive ketones (excluding diaryl/α,β-unsaturated/α-hetero) is 1. The van der Waals surface area contributed by atoms with Gasteiger partial charge < -0.3 is 15.6 Å². The average molecular weight is 360 g/mol. The zero-order valence-electron chi connectivity index (χ0n) is 16.3. The smallest absolute Gasteiger partial charge is 0.162 e. The summed E-state index contributed by atoms with van der Waals surface area (Å²) >= 11 is 0. The van der Waals surface area contributed by atoms with E-state index in [0.29, 0.717) is 18.3 Å². The van der Waals surface area contributed by atoms with Crippen LogP contribution >= 0.6 is 0 Å². The minimum atomic E-state index is -0.401. The number of allylic oxidation sites excluding steroid dienone is 2. The molecule has 0 radical (unpaired) electrons. The van der Waals surface area contributed by atoms with Crippen molar-refractivity contribution in [2.45, 2.75) is 65.4 Å². The first-order valence-corrected chi connectivity index (χ1v) is 10.3. The van der Waals surface area contributed by atoms with Crippen molar-refractivity contribution in [3.8, 4) is 0 Å². The molecule has 0 aromatic heterocycles. The molecule has 0 heterocycles. The number of aliphatic hydroxyl groups is 2. The third-order valence-corrected chi connectivity index (χ3v) is 8.78. The lowest BCUT2D eigenvalue weighted by molar-refractivity contribution is -0.145. The van der Waals surface area contributed by atoms with Crippen molar-refractivity contribution in [1.82, 2.24) is 0 Å². The Bertz CT molecular complexity index is 670. The molecule has 2 unspecified atom stereocenters. The lowest BCUT2D eigenvalue weighted by Crippen LogP contribution is -2.57. The molecule has 26 heavy (non-hydrogen) atoms. The molecule has 0 aliphatic heterocycles. The lowest BCUT2D eigenvalue weighted by Gasteiger charge is -2.59. The van der Waals surface area contributed by atoms with Gasteiger partial charge in [-0.3, -0.25) is 4.79 Å². The Morgan fingerprint density at radius 1 is 1.35 bits per heavy atom. The second kappa shape index (κ2) is 6.00. The van der Waals surface area contributed by atoms with Gasteiger partial charge in [0.2, 0.25) is 0 Å². The van der Waals surface area contributed by atoms with E-state index < -0.39 is 6.10 Å². The molecule has 0 bridgehead atoms. The normalized spacial score (nSPS) is 50.5. The van der Waals surface area contributed by atoms with Crippen LogP contribution in [0.3, 0.4) is 0 Å². The van der Waals surface area contributed by atoms with Crippen molar-refractivity contribution >= 4 is 11.5 Å². The molecule has 0 spiro atoms. The molecular formula is C22H33NO3. The number of rotatable bonds is 2. The third kappa shape index (κ3) is 2.34. The summed E-state index contributed by atoms with van der Waals surface area (Å²) < 4.78 is 0. The van der Waals surface area contributed by atoms with Gasteiger partial charge in [0.15, 0.2) is 5.78 Å². The van der Waals surface area contributed by atoms with E-state index in [1.807, 2.05) is 0 Å². The van der Waals surface area contributed by atoms with Gasteiger partial charge in [-0.15, -0.1) is 0 Å². The molecule has 0 amide bonds. The maximum absolute atomic E-state index is 12.5. The SMILES string of the molecule is C[C@@H]1CC2[C@@H]3CCC4=CC(=N)CC[C@]4(C)C3[C@@H](O)C[C@]2(C)[C@H]1C(=O)CO. The molecule has 0 saturated heterocycles. The van der Waals surface area contributed by atoms with Gasteiger partial charge in [-0.2, -0.15) is 0 Å². The van der Waals surface area contributed by atoms with Gasteiger partial charge in [0, 0.05) is 11.6 Å². The molecule has 4 rings (SSSR count). The molecule has 4 nitrogen and oxygen atoms in total. The number of carbonyl (C=O) groups is 1. The van der Waals surface area contributed by atoms with Crippen LogP contribution in [0.1, 0.15) is 59.3 Å². The highest BCUT2D eigenvalue weighted by atomic mass is 16.3. The van der Waals surface area contributed by atoms with Gasteiger partial charge in [-0.1, -0.05) is 26.3 Å². The summed E-state index contributed by atoms with van der Waals surface area (Å²) in [6.07, 6.45) is 7.23. The van der Waals surface area contributed by atoms with Crippen molar-refractivity contribution in [2.75, 3.05) is 6.61 Å². The van der Waals surface area contributed by atoms with E-state index >= 15 is 0 Å². The van der Waals surface area contributed by atoms with Gasteiger partial charge in [-0.25, -0.2) is 0 Å². The van der Waals surface area contributed by atoms with Gasteiger partial charge in [0.1, 0.15) is 6.61 Å². The Labute approximate surface area is 156 Å². The van der Waals surface area contributed by atoms with E-state index in [1.54, 1.807) is 0 Å². The average Bonchev–Trinajstić information content (AvgIpc) is 2.84. The molecule has 3 N–H and O–H groups in total. The quantitative estimate of drug-likeness (QED) is 0.707. The number of nitrogens with one attached hydrogen (secondary N) is 1. The topological polar surface area (TPSA) is 81.4 Å². The Balaban J connectivity index is 1.73. The van der Waals surface area contributed by atoms with E-state index in [2.05, 4.69) is 26.8 Å². The first-order valence-electron chi connectivity index (χ1n) is 10.3.